The number of benzene rings is 1. The Morgan fingerprint density at radius 1 is 1.38 bits per heavy atom. The van der Waals surface area contributed by atoms with Gasteiger partial charge in [0.05, 0.1) is 18.1 Å². The molecule has 0 bridgehead atoms. The molecule has 8 heteroatoms. The number of ether oxygens (including phenoxy) is 1. The van der Waals surface area contributed by atoms with Crippen LogP contribution >= 0.6 is 0 Å². The Kier molecular flexibility index (Phi) is 6.74. The fraction of sp³-hybridized carbons (Fsp3) is 0.667. The first-order valence-corrected chi connectivity index (χ1v) is 10.4. The van der Waals surface area contributed by atoms with E-state index in [9.17, 15) is 14.9 Å². The molecule has 0 aromatic heterocycles. The molecule has 3 rings (SSSR count). The van der Waals surface area contributed by atoms with E-state index in [1.165, 1.54) is 12.5 Å². The highest BCUT2D eigenvalue weighted by molar-refractivity contribution is 5.95. The molecule has 2 atom stereocenters. The Morgan fingerprint density at radius 2 is 2.10 bits per heavy atom. The summed E-state index contributed by atoms with van der Waals surface area (Å²) in [6.07, 6.45) is 4.53. The fourth-order valence-electron chi connectivity index (χ4n) is 4.53. The molecule has 0 radical (unpaired) electrons. The van der Waals surface area contributed by atoms with Gasteiger partial charge in [-0.3, -0.25) is 14.9 Å². The molecule has 1 saturated heterocycles. The number of likely N-dealkylation sites (N-methyl/N-ethyl adjacent to an activating group) is 1. The number of rotatable bonds is 6. The third-order valence-electron chi connectivity index (χ3n) is 6.36. The highest BCUT2D eigenvalue weighted by Gasteiger charge is 2.37. The van der Waals surface area contributed by atoms with Crippen LogP contribution in [0.1, 0.15) is 43.0 Å². The first-order valence-electron chi connectivity index (χ1n) is 10.4. The predicted molar refractivity (Wildman–Crippen MR) is 112 cm³/mol. The van der Waals surface area contributed by atoms with Gasteiger partial charge < -0.3 is 19.9 Å². The number of nitro groups is 1. The lowest BCUT2D eigenvalue weighted by molar-refractivity contribution is -0.384. The molecule has 0 spiro atoms. The summed E-state index contributed by atoms with van der Waals surface area (Å²) in [5.74, 6) is 0.449. The number of nitro benzene ring substituents is 1. The summed E-state index contributed by atoms with van der Waals surface area (Å²) in [4.78, 5) is 27.9. The zero-order valence-corrected chi connectivity index (χ0v) is 17.6. The van der Waals surface area contributed by atoms with Gasteiger partial charge in [-0.25, -0.2) is 0 Å². The van der Waals surface area contributed by atoms with Crippen molar-refractivity contribution in [3.8, 4) is 0 Å². The second-order valence-corrected chi connectivity index (χ2v) is 8.57. The minimum atomic E-state index is -0.412. The largest absolute Gasteiger partial charge is 0.378 e. The molecule has 2 aliphatic rings. The van der Waals surface area contributed by atoms with Crippen molar-refractivity contribution < 1.29 is 14.5 Å². The number of nitrogens with zero attached hydrogens (tertiary/aromatic N) is 3. The molecule has 1 aliphatic heterocycles. The Bertz CT molecular complexity index is 748. The van der Waals surface area contributed by atoms with Crippen molar-refractivity contribution >= 4 is 17.3 Å². The lowest BCUT2D eigenvalue weighted by atomic mass is 9.75. The first kappa shape index (κ1) is 21.5. The maximum absolute atomic E-state index is 12.7. The summed E-state index contributed by atoms with van der Waals surface area (Å²) >= 11 is 0. The van der Waals surface area contributed by atoms with Crippen molar-refractivity contribution in [2.45, 2.75) is 38.1 Å². The average molecular weight is 405 g/mol. The quantitative estimate of drug-likeness (QED) is 0.579. The monoisotopic (exact) mass is 404 g/mol. The zero-order valence-electron chi connectivity index (χ0n) is 17.6. The molecule has 1 heterocycles. The number of carbonyl (C=O) groups excluding carboxylic acids is 1. The van der Waals surface area contributed by atoms with Crippen molar-refractivity contribution in [2.75, 3.05) is 52.3 Å². The highest BCUT2D eigenvalue weighted by Crippen LogP contribution is 2.36. The predicted octanol–water partition coefficient (Wildman–Crippen LogP) is 2.99. The van der Waals surface area contributed by atoms with Crippen LogP contribution in [0.25, 0.3) is 0 Å². The van der Waals surface area contributed by atoms with E-state index < -0.39 is 4.92 Å². The third-order valence-corrected chi connectivity index (χ3v) is 6.36. The van der Waals surface area contributed by atoms with Crippen LogP contribution in [0.5, 0.6) is 0 Å². The molecule has 160 valence electrons. The van der Waals surface area contributed by atoms with Gasteiger partial charge in [-0.2, -0.15) is 0 Å². The van der Waals surface area contributed by atoms with Gasteiger partial charge in [0.1, 0.15) is 5.69 Å². The molecular weight excluding hydrogens is 372 g/mol. The summed E-state index contributed by atoms with van der Waals surface area (Å²) in [6.45, 7) is 4.93. The van der Waals surface area contributed by atoms with Crippen LogP contribution in [-0.4, -0.2) is 73.1 Å². The second-order valence-electron chi connectivity index (χ2n) is 8.57. The van der Waals surface area contributed by atoms with E-state index in [4.69, 9.17) is 4.74 Å². The minimum Gasteiger partial charge on any atom is -0.378 e. The van der Waals surface area contributed by atoms with E-state index in [2.05, 4.69) is 31.2 Å². The Hall–Kier alpha value is -2.19. The third kappa shape index (κ3) is 4.87. The Balaban J connectivity index is 1.78. The maximum Gasteiger partial charge on any atom is 0.293 e. The number of anilines is 1. The van der Waals surface area contributed by atoms with Gasteiger partial charge in [0.25, 0.3) is 11.6 Å². The van der Waals surface area contributed by atoms with E-state index in [1.54, 1.807) is 17.0 Å². The van der Waals surface area contributed by atoms with Crippen molar-refractivity contribution in [3.05, 3.63) is 33.9 Å². The van der Waals surface area contributed by atoms with Gasteiger partial charge >= 0.3 is 0 Å². The van der Waals surface area contributed by atoms with E-state index >= 15 is 0 Å². The van der Waals surface area contributed by atoms with Gasteiger partial charge in [-0.1, -0.05) is 19.8 Å². The topological polar surface area (TPSA) is 88.0 Å². The van der Waals surface area contributed by atoms with Crippen LogP contribution in [0.2, 0.25) is 0 Å². The number of hydrogen-bond acceptors (Lipinski definition) is 6. The standard InChI is InChI=1S/C21H32N4O4/c1-16-5-4-8-21(14-16,23(2)3)15-22-18-7-6-17(13-19(18)25(27)28)20(26)24-9-11-29-12-10-24/h6-7,13,16,22H,4-5,8-12,14-15H2,1-3H3. The Labute approximate surface area is 172 Å². The van der Waals surface area contributed by atoms with Crippen LogP contribution in [0.4, 0.5) is 11.4 Å². The summed E-state index contributed by atoms with van der Waals surface area (Å²) in [5.41, 5.74) is 0.737. The van der Waals surface area contributed by atoms with Gasteiger partial charge in [0.2, 0.25) is 0 Å². The molecule has 1 saturated carbocycles. The number of amides is 1. The molecule has 1 aromatic carbocycles. The molecule has 1 aliphatic carbocycles. The molecule has 2 fully saturated rings. The SMILES string of the molecule is CC1CCCC(CNc2ccc(C(=O)N3CCOCC3)cc2[N+](=O)[O-])(N(C)C)C1. The first-order chi connectivity index (χ1) is 13.8. The van der Waals surface area contributed by atoms with Gasteiger partial charge in [-0.05, 0) is 45.0 Å². The van der Waals surface area contributed by atoms with Crippen molar-refractivity contribution in [3.63, 3.8) is 0 Å². The molecule has 8 nitrogen and oxygen atoms in total. The van der Waals surface area contributed by atoms with Crippen LogP contribution in [0, 0.1) is 16.0 Å². The second kappa shape index (κ2) is 9.09. The summed E-state index contributed by atoms with van der Waals surface area (Å²) in [7, 11) is 4.16. The zero-order chi connectivity index (χ0) is 21.0. The van der Waals surface area contributed by atoms with Gasteiger partial charge in [-0.15, -0.1) is 0 Å². The normalized spacial score (nSPS) is 25.1. The smallest absolute Gasteiger partial charge is 0.293 e. The van der Waals surface area contributed by atoms with Gasteiger partial charge in [0, 0.05) is 36.8 Å². The average Bonchev–Trinajstić information content (AvgIpc) is 2.72. The molecule has 2 unspecified atom stereocenters. The van der Waals surface area contributed by atoms with Crippen LogP contribution in [0.3, 0.4) is 0 Å². The number of nitrogens with one attached hydrogen (secondary N) is 1. The van der Waals surface area contributed by atoms with Crippen molar-refractivity contribution in [2.24, 2.45) is 5.92 Å². The molecule has 1 aromatic rings. The van der Waals surface area contributed by atoms with Crippen molar-refractivity contribution in [1.29, 1.82) is 0 Å². The number of morpholine rings is 1. The lowest BCUT2D eigenvalue weighted by Gasteiger charge is -2.45. The van der Waals surface area contributed by atoms with Gasteiger partial charge in [0.15, 0.2) is 0 Å². The van der Waals surface area contributed by atoms with E-state index in [-0.39, 0.29) is 17.1 Å². The maximum atomic E-state index is 12.7. The summed E-state index contributed by atoms with van der Waals surface area (Å²) in [5, 5.41) is 15.0. The van der Waals surface area contributed by atoms with Crippen LogP contribution in [-0.2, 0) is 4.74 Å². The van der Waals surface area contributed by atoms with Crippen molar-refractivity contribution in [1.82, 2.24) is 9.80 Å². The highest BCUT2D eigenvalue weighted by atomic mass is 16.6. The minimum absolute atomic E-state index is 0.0200. The lowest BCUT2D eigenvalue weighted by Crippen LogP contribution is -2.52. The van der Waals surface area contributed by atoms with Crippen LogP contribution in [0.15, 0.2) is 18.2 Å². The van der Waals surface area contributed by atoms with E-state index in [1.807, 2.05) is 0 Å². The molecule has 1 N–H and O–H groups in total. The Morgan fingerprint density at radius 3 is 2.72 bits per heavy atom. The summed E-state index contributed by atoms with van der Waals surface area (Å²) < 4.78 is 5.28. The van der Waals surface area contributed by atoms with E-state index in [0.717, 1.165) is 19.3 Å². The molecule has 1 amide bonds. The summed E-state index contributed by atoms with van der Waals surface area (Å²) in [6, 6.07) is 4.74. The fourth-order valence-corrected chi connectivity index (χ4v) is 4.53. The number of carbonyl (C=O) groups is 1. The molecular formula is C21H32N4O4. The van der Waals surface area contributed by atoms with Crippen LogP contribution < -0.4 is 5.32 Å². The molecule has 29 heavy (non-hydrogen) atoms. The van der Waals surface area contributed by atoms with E-state index in [0.29, 0.717) is 50.0 Å². The number of hydrogen-bond donors (Lipinski definition) is 1.